The van der Waals surface area contributed by atoms with Gasteiger partial charge in [0.25, 0.3) is 5.91 Å². The van der Waals surface area contributed by atoms with Crippen LogP contribution in [0.15, 0.2) is 0 Å². The highest BCUT2D eigenvalue weighted by molar-refractivity contribution is 7.18. The minimum absolute atomic E-state index is 0.00843. The topological polar surface area (TPSA) is 58.4 Å². The molecule has 0 atom stereocenters. The first-order chi connectivity index (χ1) is 7.56. The summed E-state index contributed by atoms with van der Waals surface area (Å²) in [6, 6.07) is 0. The molecule has 16 heavy (non-hydrogen) atoms. The number of rotatable bonds is 3. The minimum atomic E-state index is -0.00843. The number of amides is 1. The van der Waals surface area contributed by atoms with Gasteiger partial charge in [-0.25, -0.2) is 0 Å². The van der Waals surface area contributed by atoms with Gasteiger partial charge in [0.2, 0.25) is 0 Å². The van der Waals surface area contributed by atoms with Crippen LogP contribution in [-0.2, 0) is 0 Å². The van der Waals surface area contributed by atoms with Crippen molar-refractivity contribution in [1.82, 2.24) is 4.90 Å². The molecule has 0 bridgehead atoms. The molecule has 0 saturated heterocycles. The second-order valence-corrected chi connectivity index (χ2v) is 5.33. The Morgan fingerprint density at radius 3 is 2.56 bits per heavy atom. The number of nitrogens with zero attached hydrogens (tertiary/aromatic N) is 1. The largest absolute Gasteiger partial charge is 0.397 e. The first kappa shape index (κ1) is 11.3. The van der Waals surface area contributed by atoms with Crippen LogP contribution in [0.3, 0.4) is 0 Å². The molecular formula is C11H17N3OS. The predicted octanol–water partition coefficient (Wildman–Crippen LogP) is 1.95. The molecular weight excluding hydrogens is 222 g/mol. The number of nitrogens with one attached hydrogen (secondary N) is 1. The number of anilines is 2. The lowest BCUT2D eigenvalue weighted by molar-refractivity contribution is 0.0833. The number of carbonyl (C=O) groups excluding carboxylic acids is 1. The summed E-state index contributed by atoms with van der Waals surface area (Å²) in [5.74, 6) is 0.549. The van der Waals surface area contributed by atoms with Crippen molar-refractivity contribution in [2.24, 2.45) is 0 Å². The fraction of sp³-hybridized carbons (Fsp3) is 0.545. The molecule has 1 saturated carbocycles. The van der Waals surface area contributed by atoms with Crippen LogP contribution < -0.4 is 11.1 Å². The van der Waals surface area contributed by atoms with Gasteiger partial charge in [0, 0.05) is 26.7 Å². The Kier molecular flexibility index (Phi) is 2.80. The Labute approximate surface area is 99.4 Å². The fourth-order valence-corrected chi connectivity index (χ4v) is 2.96. The lowest BCUT2D eigenvalue weighted by Gasteiger charge is -2.08. The van der Waals surface area contributed by atoms with Gasteiger partial charge in [0.15, 0.2) is 0 Å². The fourth-order valence-electron chi connectivity index (χ4n) is 1.78. The molecule has 1 heterocycles. The van der Waals surface area contributed by atoms with E-state index in [2.05, 4.69) is 5.32 Å². The smallest absolute Gasteiger partial charge is 0.265 e. The molecule has 5 heteroatoms. The van der Waals surface area contributed by atoms with Gasteiger partial charge in [-0.3, -0.25) is 4.79 Å². The van der Waals surface area contributed by atoms with Crippen molar-refractivity contribution >= 4 is 27.9 Å². The van der Waals surface area contributed by atoms with Gasteiger partial charge in [0.1, 0.15) is 4.88 Å². The van der Waals surface area contributed by atoms with Gasteiger partial charge in [-0.1, -0.05) is 0 Å². The maximum Gasteiger partial charge on any atom is 0.265 e. The van der Waals surface area contributed by atoms with E-state index in [1.54, 1.807) is 19.0 Å². The van der Waals surface area contributed by atoms with E-state index in [-0.39, 0.29) is 5.91 Å². The van der Waals surface area contributed by atoms with Crippen molar-refractivity contribution in [2.75, 3.05) is 32.2 Å². The minimum Gasteiger partial charge on any atom is -0.397 e. The summed E-state index contributed by atoms with van der Waals surface area (Å²) in [5.41, 5.74) is 7.91. The van der Waals surface area contributed by atoms with Gasteiger partial charge in [-0.05, 0) is 18.8 Å². The maximum atomic E-state index is 11.9. The summed E-state index contributed by atoms with van der Waals surface area (Å²) in [6.45, 7) is 0. The number of nitrogens with two attached hydrogens (primary N) is 1. The lowest BCUT2D eigenvalue weighted by atomic mass is 10.1. The Hall–Kier alpha value is -1.23. The van der Waals surface area contributed by atoms with E-state index < -0.39 is 0 Å². The van der Waals surface area contributed by atoms with Crippen molar-refractivity contribution in [3.05, 3.63) is 10.4 Å². The number of hydrogen-bond acceptors (Lipinski definition) is 4. The number of nitrogen functional groups attached to an aromatic ring is 1. The van der Waals surface area contributed by atoms with Crippen LogP contribution in [0.5, 0.6) is 0 Å². The van der Waals surface area contributed by atoms with Crippen LogP contribution in [-0.4, -0.2) is 32.0 Å². The Balaban J connectivity index is 2.43. The van der Waals surface area contributed by atoms with E-state index >= 15 is 0 Å². The Morgan fingerprint density at radius 2 is 2.12 bits per heavy atom. The van der Waals surface area contributed by atoms with E-state index in [4.69, 9.17) is 5.73 Å². The average molecular weight is 239 g/mol. The normalized spacial score (nSPS) is 14.9. The molecule has 0 spiro atoms. The molecule has 88 valence electrons. The highest BCUT2D eigenvalue weighted by Gasteiger charge is 2.32. The van der Waals surface area contributed by atoms with Gasteiger partial charge in [-0.15, -0.1) is 11.3 Å². The summed E-state index contributed by atoms with van der Waals surface area (Å²) in [4.78, 5) is 14.1. The first-order valence-electron chi connectivity index (χ1n) is 5.37. The van der Waals surface area contributed by atoms with Crippen molar-refractivity contribution in [2.45, 2.75) is 18.8 Å². The maximum absolute atomic E-state index is 11.9. The number of hydrogen-bond donors (Lipinski definition) is 2. The quantitative estimate of drug-likeness (QED) is 0.847. The second kappa shape index (κ2) is 3.97. The summed E-state index contributed by atoms with van der Waals surface area (Å²) < 4.78 is 0. The van der Waals surface area contributed by atoms with Crippen LogP contribution in [0.2, 0.25) is 0 Å². The second-order valence-electron chi connectivity index (χ2n) is 4.31. The summed E-state index contributed by atoms with van der Waals surface area (Å²) in [6.07, 6.45) is 2.37. The van der Waals surface area contributed by atoms with Crippen LogP contribution in [0, 0.1) is 0 Å². The van der Waals surface area contributed by atoms with Crippen molar-refractivity contribution < 1.29 is 4.79 Å². The molecule has 3 N–H and O–H groups in total. The summed E-state index contributed by atoms with van der Waals surface area (Å²) in [5, 5.41) is 4.19. The molecule has 2 rings (SSSR count). The van der Waals surface area contributed by atoms with Crippen LogP contribution in [0.1, 0.15) is 34.0 Å². The average Bonchev–Trinajstić information content (AvgIpc) is 3.02. The molecule has 0 radical (unpaired) electrons. The monoisotopic (exact) mass is 239 g/mol. The molecule has 1 aromatic heterocycles. The number of carbonyl (C=O) groups is 1. The molecule has 1 amide bonds. The highest BCUT2D eigenvalue weighted by atomic mass is 32.1. The Bertz CT molecular complexity index is 421. The van der Waals surface area contributed by atoms with Crippen molar-refractivity contribution in [1.29, 1.82) is 0 Å². The molecule has 0 aromatic carbocycles. The van der Waals surface area contributed by atoms with Gasteiger partial charge >= 0.3 is 0 Å². The zero-order valence-electron chi connectivity index (χ0n) is 9.83. The molecule has 0 unspecified atom stereocenters. The molecule has 1 fully saturated rings. The zero-order chi connectivity index (χ0) is 11.9. The molecule has 1 aromatic rings. The molecule has 1 aliphatic rings. The van der Waals surface area contributed by atoms with Gasteiger partial charge in [-0.2, -0.15) is 0 Å². The van der Waals surface area contributed by atoms with E-state index in [0.717, 1.165) is 10.6 Å². The first-order valence-corrected chi connectivity index (χ1v) is 6.19. The van der Waals surface area contributed by atoms with Crippen LogP contribution in [0.4, 0.5) is 10.7 Å². The lowest BCUT2D eigenvalue weighted by Crippen LogP contribution is -2.21. The SMILES string of the molecule is CNc1sc(C(=O)N(C)C)c(N)c1C1CC1. The van der Waals surface area contributed by atoms with E-state index in [1.165, 1.54) is 24.2 Å². The Morgan fingerprint density at radius 1 is 1.50 bits per heavy atom. The highest BCUT2D eigenvalue weighted by Crippen LogP contribution is 2.50. The van der Waals surface area contributed by atoms with Crippen molar-refractivity contribution in [3.8, 4) is 0 Å². The predicted molar refractivity (Wildman–Crippen MR) is 68.3 cm³/mol. The van der Waals surface area contributed by atoms with E-state index in [0.29, 0.717) is 16.5 Å². The zero-order valence-corrected chi connectivity index (χ0v) is 10.6. The van der Waals surface area contributed by atoms with Gasteiger partial charge < -0.3 is 16.0 Å². The number of thiophene rings is 1. The van der Waals surface area contributed by atoms with E-state index in [9.17, 15) is 4.79 Å². The standard InChI is InChI=1S/C11H17N3OS/c1-13-10-7(6-4-5-6)8(12)9(16-10)11(15)14(2)3/h6,13H,4-5,12H2,1-3H3. The third-order valence-corrected chi connectivity index (χ3v) is 4.02. The summed E-state index contributed by atoms with van der Waals surface area (Å²) in [7, 11) is 5.37. The third kappa shape index (κ3) is 1.75. The van der Waals surface area contributed by atoms with Crippen LogP contribution in [0.25, 0.3) is 0 Å². The molecule has 0 aliphatic heterocycles. The van der Waals surface area contributed by atoms with Crippen LogP contribution >= 0.6 is 11.3 Å². The molecule has 4 nitrogen and oxygen atoms in total. The third-order valence-electron chi connectivity index (χ3n) is 2.80. The summed E-state index contributed by atoms with van der Waals surface area (Å²) >= 11 is 1.46. The molecule has 1 aliphatic carbocycles. The van der Waals surface area contributed by atoms with E-state index in [1.807, 2.05) is 7.05 Å². The van der Waals surface area contributed by atoms with Crippen molar-refractivity contribution in [3.63, 3.8) is 0 Å². The van der Waals surface area contributed by atoms with Gasteiger partial charge in [0.05, 0.1) is 10.7 Å².